The zero-order valence-electron chi connectivity index (χ0n) is 15.3. The molecule has 0 amide bonds. The molecule has 1 heterocycles. The minimum absolute atomic E-state index is 0.0382. The molecule has 1 aliphatic carbocycles. The second-order valence-corrected chi connectivity index (χ2v) is 8.41. The first kappa shape index (κ1) is 19.6. The molecule has 0 aliphatic heterocycles. The minimum atomic E-state index is -3.72. The van der Waals surface area contributed by atoms with Gasteiger partial charge in [-0.3, -0.25) is 9.36 Å². The summed E-state index contributed by atoms with van der Waals surface area (Å²) in [5.41, 5.74) is 0.467. The van der Waals surface area contributed by atoms with Gasteiger partial charge in [0.2, 0.25) is 10.0 Å². The van der Waals surface area contributed by atoms with Crippen molar-refractivity contribution in [2.45, 2.75) is 62.9 Å². The number of carbonyl (C=O) groups is 1. The van der Waals surface area contributed by atoms with E-state index in [2.05, 4.69) is 4.72 Å². The van der Waals surface area contributed by atoms with Crippen LogP contribution in [0.5, 0.6) is 0 Å². The fraction of sp³-hybridized carbons (Fsp3) is 0.556. The fourth-order valence-corrected chi connectivity index (χ4v) is 4.70. The van der Waals surface area contributed by atoms with Crippen molar-refractivity contribution in [3.8, 4) is 0 Å². The third-order valence-electron chi connectivity index (χ3n) is 4.72. The number of rotatable bonds is 6. The molecule has 148 valence electrons. The number of aromatic nitrogens is 1. The molecule has 1 saturated carbocycles. The Kier molecular flexibility index (Phi) is 6.01. The van der Waals surface area contributed by atoms with E-state index in [1.165, 1.54) is 18.2 Å². The highest BCUT2D eigenvalue weighted by Gasteiger charge is 2.23. The molecule has 0 saturated heterocycles. The first-order chi connectivity index (χ1) is 12.9. The van der Waals surface area contributed by atoms with Crippen LogP contribution in [-0.4, -0.2) is 31.6 Å². The summed E-state index contributed by atoms with van der Waals surface area (Å²) in [4.78, 5) is 23.7. The fourth-order valence-electron chi connectivity index (χ4n) is 3.38. The molecule has 1 aromatic carbocycles. The van der Waals surface area contributed by atoms with Gasteiger partial charge >= 0.3 is 11.7 Å². The van der Waals surface area contributed by atoms with E-state index in [-0.39, 0.29) is 29.7 Å². The maximum Gasteiger partial charge on any atom is 0.420 e. The highest BCUT2D eigenvalue weighted by molar-refractivity contribution is 7.89. The smallest absolute Gasteiger partial charge is 0.420 e. The van der Waals surface area contributed by atoms with Gasteiger partial charge in [-0.2, -0.15) is 0 Å². The van der Waals surface area contributed by atoms with E-state index in [1.807, 2.05) is 0 Å². The Morgan fingerprint density at radius 1 is 1.26 bits per heavy atom. The van der Waals surface area contributed by atoms with Gasteiger partial charge in [-0.25, -0.2) is 17.9 Å². The molecule has 1 fully saturated rings. The summed E-state index contributed by atoms with van der Waals surface area (Å²) < 4.78 is 39.3. The molecule has 0 radical (unpaired) electrons. The van der Waals surface area contributed by atoms with Gasteiger partial charge in [-0.15, -0.1) is 0 Å². The third-order valence-corrected chi connectivity index (χ3v) is 6.24. The van der Waals surface area contributed by atoms with Gasteiger partial charge in [0.15, 0.2) is 5.58 Å². The number of sulfonamides is 1. The van der Waals surface area contributed by atoms with Crippen molar-refractivity contribution < 1.29 is 22.4 Å². The van der Waals surface area contributed by atoms with Crippen LogP contribution in [-0.2, 0) is 26.1 Å². The lowest BCUT2D eigenvalue weighted by molar-refractivity contribution is -0.143. The van der Waals surface area contributed by atoms with E-state index in [0.29, 0.717) is 5.52 Å². The number of hydrogen-bond donors (Lipinski definition) is 1. The predicted octanol–water partition coefficient (Wildman–Crippen LogP) is 2.16. The maximum atomic E-state index is 12.7. The quantitative estimate of drug-likeness (QED) is 0.592. The summed E-state index contributed by atoms with van der Waals surface area (Å²) >= 11 is 0. The van der Waals surface area contributed by atoms with Crippen LogP contribution in [0.15, 0.2) is 32.3 Å². The third kappa shape index (κ3) is 4.59. The molecule has 1 aliphatic rings. The standard InChI is InChI=1S/C18H24N2O6S/c1-2-25-17(21)12-20-15-10-9-14(11-16(15)26-18(20)22)27(23,24)19-13-7-5-3-4-6-8-13/h9-11,13,19H,2-8,12H2,1H3. The van der Waals surface area contributed by atoms with Gasteiger partial charge in [-0.05, 0) is 31.9 Å². The molecule has 1 aromatic heterocycles. The highest BCUT2D eigenvalue weighted by atomic mass is 32.2. The van der Waals surface area contributed by atoms with Crippen LogP contribution in [0, 0.1) is 0 Å². The molecule has 1 N–H and O–H groups in total. The molecule has 3 rings (SSSR count). The lowest BCUT2D eigenvalue weighted by atomic mass is 10.1. The Hall–Kier alpha value is -2.13. The topological polar surface area (TPSA) is 108 Å². The Morgan fingerprint density at radius 3 is 2.63 bits per heavy atom. The summed E-state index contributed by atoms with van der Waals surface area (Å²) in [7, 11) is -3.72. The van der Waals surface area contributed by atoms with Crippen LogP contribution in [0.4, 0.5) is 0 Å². The normalized spacial score (nSPS) is 16.3. The van der Waals surface area contributed by atoms with Gasteiger partial charge in [-0.1, -0.05) is 25.7 Å². The summed E-state index contributed by atoms with van der Waals surface area (Å²) in [6, 6.07) is 4.13. The van der Waals surface area contributed by atoms with Crippen LogP contribution in [0.2, 0.25) is 0 Å². The number of esters is 1. The number of nitrogens with zero attached hydrogens (tertiary/aromatic N) is 1. The lowest BCUT2D eigenvalue weighted by Crippen LogP contribution is -2.34. The van der Waals surface area contributed by atoms with Gasteiger partial charge in [0, 0.05) is 12.1 Å². The van der Waals surface area contributed by atoms with Crippen LogP contribution >= 0.6 is 0 Å². The number of oxazole rings is 1. The Labute approximate surface area is 157 Å². The van der Waals surface area contributed by atoms with Crippen molar-refractivity contribution in [3.63, 3.8) is 0 Å². The second-order valence-electron chi connectivity index (χ2n) is 6.70. The minimum Gasteiger partial charge on any atom is -0.465 e. The van der Waals surface area contributed by atoms with Crippen molar-refractivity contribution in [2.75, 3.05) is 6.61 Å². The summed E-state index contributed by atoms with van der Waals surface area (Å²) in [6.07, 6.45) is 5.93. The SMILES string of the molecule is CCOC(=O)Cn1c(=O)oc2cc(S(=O)(=O)NC3CCCCCC3)ccc21. The van der Waals surface area contributed by atoms with Crippen molar-refractivity contribution in [1.82, 2.24) is 9.29 Å². The molecule has 0 bridgehead atoms. The monoisotopic (exact) mass is 396 g/mol. The van der Waals surface area contributed by atoms with E-state index in [1.54, 1.807) is 6.92 Å². The van der Waals surface area contributed by atoms with E-state index in [0.717, 1.165) is 43.1 Å². The first-order valence-electron chi connectivity index (χ1n) is 9.22. The van der Waals surface area contributed by atoms with Crippen LogP contribution in [0.3, 0.4) is 0 Å². The van der Waals surface area contributed by atoms with Gasteiger partial charge in [0.25, 0.3) is 0 Å². The number of ether oxygens (including phenoxy) is 1. The van der Waals surface area contributed by atoms with Crippen molar-refractivity contribution >= 4 is 27.1 Å². The van der Waals surface area contributed by atoms with Crippen molar-refractivity contribution in [1.29, 1.82) is 0 Å². The molecule has 2 aromatic rings. The van der Waals surface area contributed by atoms with E-state index < -0.39 is 21.7 Å². The summed E-state index contributed by atoms with van der Waals surface area (Å²) in [5, 5.41) is 0. The predicted molar refractivity (Wildman–Crippen MR) is 98.9 cm³/mol. The van der Waals surface area contributed by atoms with Crippen molar-refractivity contribution in [2.24, 2.45) is 0 Å². The molecule has 9 heteroatoms. The van der Waals surface area contributed by atoms with Gasteiger partial charge in [0.1, 0.15) is 6.54 Å². The Morgan fingerprint density at radius 2 is 1.96 bits per heavy atom. The van der Waals surface area contributed by atoms with Crippen molar-refractivity contribution in [3.05, 3.63) is 28.7 Å². The molecule has 27 heavy (non-hydrogen) atoms. The molecule has 0 spiro atoms. The zero-order chi connectivity index (χ0) is 19.4. The molecule has 8 nitrogen and oxygen atoms in total. The number of carbonyl (C=O) groups excluding carboxylic acids is 1. The molecule has 0 unspecified atom stereocenters. The van der Waals surface area contributed by atoms with Crippen LogP contribution in [0.25, 0.3) is 11.1 Å². The number of hydrogen-bond acceptors (Lipinski definition) is 6. The maximum absolute atomic E-state index is 12.7. The number of benzene rings is 1. The van der Waals surface area contributed by atoms with E-state index in [4.69, 9.17) is 9.15 Å². The largest absolute Gasteiger partial charge is 0.465 e. The Balaban J connectivity index is 1.85. The first-order valence-corrected chi connectivity index (χ1v) is 10.7. The molecule has 0 atom stereocenters. The highest BCUT2D eigenvalue weighted by Crippen LogP contribution is 2.22. The van der Waals surface area contributed by atoms with Gasteiger partial charge in [0.05, 0.1) is 17.0 Å². The number of nitrogens with one attached hydrogen (secondary N) is 1. The van der Waals surface area contributed by atoms with E-state index >= 15 is 0 Å². The molecular weight excluding hydrogens is 372 g/mol. The summed E-state index contributed by atoms with van der Waals surface area (Å²) in [5.74, 6) is -1.29. The van der Waals surface area contributed by atoms with Crippen LogP contribution in [0.1, 0.15) is 45.4 Å². The number of fused-ring (bicyclic) bond motifs is 1. The zero-order valence-corrected chi connectivity index (χ0v) is 16.1. The molecular formula is C18H24N2O6S. The van der Waals surface area contributed by atoms with Gasteiger partial charge < -0.3 is 9.15 Å². The summed E-state index contributed by atoms with van der Waals surface area (Å²) in [6.45, 7) is 1.59. The second kappa shape index (κ2) is 8.26. The van der Waals surface area contributed by atoms with Crippen LogP contribution < -0.4 is 10.5 Å². The lowest BCUT2D eigenvalue weighted by Gasteiger charge is -2.16. The van der Waals surface area contributed by atoms with E-state index in [9.17, 15) is 18.0 Å². The average molecular weight is 396 g/mol. The average Bonchev–Trinajstić information content (AvgIpc) is 2.77. The Bertz CT molecular complexity index is 967.